The van der Waals surface area contributed by atoms with Crippen LogP contribution in [0.25, 0.3) is 5.78 Å². The van der Waals surface area contributed by atoms with E-state index in [1.807, 2.05) is 32.0 Å². The number of thioether (sulfide) groups is 1. The molecule has 0 fully saturated rings. The average Bonchev–Trinajstić information content (AvgIpc) is 3.10. The minimum absolute atomic E-state index is 0.597. The van der Waals surface area contributed by atoms with Gasteiger partial charge in [-0.2, -0.15) is 9.50 Å². The summed E-state index contributed by atoms with van der Waals surface area (Å²) in [4.78, 5) is 16.1. The number of hydrogen-bond acceptors (Lipinski definition) is 6. The van der Waals surface area contributed by atoms with E-state index in [2.05, 4.69) is 37.2 Å². The van der Waals surface area contributed by atoms with E-state index >= 15 is 0 Å². The van der Waals surface area contributed by atoms with Gasteiger partial charge in [0.15, 0.2) is 0 Å². The van der Waals surface area contributed by atoms with E-state index in [1.54, 1.807) is 34.7 Å². The molecule has 0 aliphatic heterocycles. The van der Waals surface area contributed by atoms with E-state index in [-0.39, 0.29) is 0 Å². The van der Waals surface area contributed by atoms with Gasteiger partial charge in [0.1, 0.15) is 6.33 Å². The quantitative estimate of drug-likeness (QED) is 0.494. The molecule has 6 nitrogen and oxygen atoms in total. The van der Waals surface area contributed by atoms with Crippen LogP contribution in [0.3, 0.4) is 0 Å². The van der Waals surface area contributed by atoms with Crippen LogP contribution in [0, 0.1) is 13.8 Å². The fraction of sp³-hybridized carbons (Fsp3) is 0.167. The lowest BCUT2D eigenvalue weighted by atomic mass is 10.2. The summed E-state index contributed by atoms with van der Waals surface area (Å²) in [5.41, 5.74) is 2.90. The molecule has 0 bridgehead atoms. The fourth-order valence-electron chi connectivity index (χ4n) is 2.17. The van der Waals surface area contributed by atoms with Gasteiger partial charge in [0.05, 0.1) is 16.4 Å². The molecule has 1 aromatic carbocycles. The largest absolute Gasteiger partial charge is 0.253 e. The molecule has 0 aliphatic carbocycles. The number of nitrogens with zero attached hydrogens (tertiary/aromatic N) is 6. The molecule has 0 aliphatic rings. The van der Waals surface area contributed by atoms with Crippen LogP contribution in [0.2, 0.25) is 5.02 Å². The maximum atomic E-state index is 6.18. The summed E-state index contributed by atoms with van der Waals surface area (Å²) in [6.07, 6.45) is 4.88. The van der Waals surface area contributed by atoms with E-state index in [0.29, 0.717) is 16.0 Å². The van der Waals surface area contributed by atoms with Crippen molar-refractivity contribution in [2.45, 2.75) is 24.8 Å². The average molecular weight is 385 g/mol. The molecular weight excluding hydrogens is 368 g/mol. The summed E-state index contributed by atoms with van der Waals surface area (Å²) >= 11 is 7.77. The van der Waals surface area contributed by atoms with Crippen LogP contribution >= 0.6 is 23.4 Å². The molecule has 3 aromatic heterocycles. The molecule has 0 saturated heterocycles. The number of aryl methyl sites for hydroxylation is 2. The third-order valence-electron chi connectivity index (χ3n) is 3.48. The molecule has 4 aromatic rings. The third-order valence-corrected chi connectivity index (χ3v) is 4.94. The van der Waals surface area contributed by atoms with E-state index in [9.17, 15) is 0 Å². The molecule has 8 heteroatoms. The molecule has 26 heavy (non-hydrogen) atoms. The zero-order valence-electron chi connectivity index (χ0n) is 14.4. The van der Waals surface area contributed by atoms with E-state index in [4.69, 9.17) is 11.6 Å². The Balaban J connectivity index is 0.000000278. The first-order valence-electron chi connectivity index (χ1n) is 7.91. The minimum Gasteiger partial charge on any atom is -0.245 e. The highest BCUT2D eigenvalue weighted by Crippen LogP contribution is 2.23. The minimum atomic E-state index is 0.597. The van der Waals surface area contributed by atoms with Gasteiger partial charge >= 0.3 is 0 Å². The van der Waals surface area contributed by atoms with Crippen molar-refractivity contribution in [2.75, 3.05) is 0 Å². The molecule has 0 amide bonds. The second kappa shape index (κ2) is 8.73. The Morgan fingerprint density at radius 1 is 1.00 bits per heavy atom. The summed E-state index contributed by atoms with van der Waals surface area (Å²) in [5.74, 6) is 1.43. The van der Waals surface area contributed by atoms with Crippen molar-refractivity contribution in [2.24, 2.45) is 0 Å². The van der Waals surface area contributed by atoms with Gasteiger partial charge in [0, 0.05) is 18.1 Å². The van der Waals surface area contributed by atoms with Gasteiger partial charge in [0.2, 0.25) is 5.16 Å². The van der Waals surface area contributed by atoms with Crippen molar-refractivity contribution in [3.8, 4) is 0 Å². The van der Waals surface area contributed by atoms with Crippen molar-refractivity contribution < 1.29 is 0 Å². The molecular formula is C18H17ClN6S. The van der Waals surface area contributed by atoms with E-state index in [0.717, 1.165) is 17.1 Å². The summed E-state index contributed by atoms with van der Waals surface area (Å²) in [5, 5.41) is 5.81. The molecule has 0 N–H and O–H groups in total. The predicted molar refractivity (Wildman–Crippen MR) is 103 cm³/mol. The van der Waals surface area contributed by atoms with Gasteiger partial charge in [-0.1, -0.05) is 53.7 Å². The maximum Gasteiger partial charge on any atom is 0.253 e. The molecule has 4 rings (SSSR count). The highest BCUT2D eigenvalue weighted by Gasteiger charge is 2.12. The molecule has 0 spiro atoms. The number of aromatic nitrogens is 6. The smallest absolute Gasteiger partial charge is 0.245 e. The highest BCUT2D eigenvalue weighted by molar-refractivity contribution is 7.98. The topological polar surface area (TPSA) is 68.9 Å². The summed E-state index contributed by atoms with van der Waals surface area (Å²) in [6, 6.07) is 12.0. The molecule has 0 saturated carbocycles. The van der Waals surface area contributed by atoms with E-state index < -0.39 is 0 Å². The molecule has 3 heterocycles. The van der Waals surface area contributed by atoms with Crippen molar-refractivity contribution in [1.82, 2.24) is 29.5 Å². The van der Waals surface area contributed by atoms with Crippen LogP contribution in [-0.4, -0.2) is 29.5 Å². The molecule has 0 unspecified atom stereocenters. The van der Waals surface area contributed by atoms with Gasteiger partial charge in [-0.15, -0.1) is 5.10 Å². The number of rotatable bonds is 3. The highest BCUT2D eigenvalue weighted by atomic mass is 35.5. The number of hydrogen-bond donors (Lipinski definition) is 0. The maximum absolute atomic E-state index is 6.18. The monoisotopic (exact) mass is 384 g/mol. The standard InChI is InChI=1S/C14H13ClN4S.C4H4N2/c1-9-12(15)10(2)19-13(16-9)17-14(18-19)20-8-11-6-4-3-5-7-11;1-2-5-4-6-3-1/h3-7H,8H2,1-2H3;1-4H. The summed E-state index contributed by atoms with van der Waals surface area (Å²) in [6.45, 7) is 3.80. The second-order valence-electron chi connectivity index (χ2n) is 5.38. The van der Waals surface area contributed by atoms with Gasteiger partial charge in [-0.3, -0.25) is 0 Å². The van der Waals surface area contributed by atoms with Crippen LogP contribution < -0.4 is 0 Å². The zero-order valence-corrected chi connectivity index (χ0v) is 15.9. The van der Waals surface area contributed by atoms with Gasteiger partial charge in [-0.05, 0) is 25.5 Å². The van der Waals surface area contributed by atoms with Gasteiger partial charge in [-0.25, -0.2) is 15.0 Å². The normalized spacial score (nSPS) is 10.4. The van der Waals surface area contributed by atoms with E-state index in [1.165, 1.54) is 11.9 Å². The van der Waals surface area contributed by atoms with Crippen LogP contribution in [-0.2, 0) is 5.75 Å². The Morgan fingerprint density at radius 3 is 2.35 bits per heavy atom. The molecule has 0 radical (unpaired) electrons. The first kappa shape index (κ1) is 18.3. The lowest BCUT2D eigenvalue weighted by Gasteiger charge is -2.02. The number of benzene rings is 1. The van der Waals surface area contributed by atoms with Crippen LogP contribution in [0.5, 0.6) is 0 Å². The number of halogens is 1. The summed E-state index contributed by atoms with van der Waals surface area (Å²) < 4.78 is 1.70. The second-order valence-corrected chi connectivity index (χ2v) is 6.70. The van der Waals surface area contributed by atoms with Crippen LogP contribution in [0.4, 0.5) is 0 Å². The van der Waals surface area contributed by atoms with Crippen molar-refractivity contribution >= 4 is 29.1 Å². The lowest BCUT2D eigenvalue weighted by Crippen LogP contribution is -1.99. The number of fused-ring (bicyclic) bond motifs is 1. The Bertz CT molecular complexity index is 949. The first-order valence-corrected chi connectivity index (χ1v) is 9.27. The third kappa shape index (κ3) is 4.56. The van der Waals surface area contributed by atoms with Crippen molar-refractivity contribution in [1.29, 1.82) is 0 Å². The predicted octanol–water partition coefficient (Wildman–Crippen LogP) is 4.16. The Hall–Kier alpha value is -2.51. The Labute approximate surface area is 160 Å². The lowest BCUT2D eigenvalue weighted by molar-refractivity contribution is 0.843. The van der Waals surface area contributed by atoms with Crippen LogP contribution in [0.15, 0.2) is 60.3 Å². The van der Waals surface area contributed by atoms with Crippen LogP contribution in [0.1, 0.15) is 17.0 Å². The van der Waals surface area contributed by atoms with Crippen molar-refractivity contribution in [3.63, 3.8) is 0 Å². The van der Waals surface area contributed by atoms with Crippen molar-refractivity contribution in [3.05, 3.63) is 77.1 Å². The SMILES string of the molecule is Cc1nc2nc(SCc3ccccc3)nn2c(C)c1Cl.c1cncnc1. The summed E-state index contributed by atoms with van der Waals surface area (Å²) in [7, 11) is 0. The molecule has 132 valence electrons. The van der Waals surface area contributed by atoms with Gasteiger partial charge in [0.25, 0.3) is 5.78 Å². The zero-order chi connectivity index (χ0) is 18.4. The fourth-order valence-corrected chi connectivity index (χ4v) is 3.07. The molecule has 0 atom stereocenters. The Morgan fingerprint density at radius 2 is 1.73 bits per heavy atom. The first-order chi connectivity index (χ1) is 12.6. The van der Waals surface area contributed by atoms with Gasteiger partial charge < -0.3 is 0 Å². The Kier molecular flexibility index (Phi) is 6.14.